The molecule has 0 unspecified atom stereocenters. The van der Waals surface area contributed by atoms with Crippen LogP contribution in [0.25, 0.3) is 0 Å². The Kier molecular flexibility index (Phi) is 4.04. The van der Waals surface area contributed by atoms with Crippen LogP contribution >= 0.6 is 0 Å². The van der Waals surface area contributed by atoms with Crippen LogP contribution in [0.3, 0.4) is 0 Å². The number of hydrogen-bond acceptors (Lipinski definition) is 2. The van der Waals surface area contributed by atoms with Gasteiger partial charge < -0.3 is 9.84 Å². The predicted molar refractivity (Wildman–Crippen MR) is 58.5 cm³/mol. The quantitative estimate of drug-likeness (QED) is 0.866. The number of hydrogen-bond donors (Lipinski definition) is 1. The largest absolute Gasteiger partial charge is 0.496 e. The fourth-order valence-electron chi connectivity index (χ4n) is 1.51. The van der Waals surface area contributed by atoms with Crippen molar-refractivity contribution in [1.82, 2.24) is 0 Å². The fourth-order valence-corrected chi connectivity index (χ4v) is 1.51. The van der Waals surface area contributed by atoms with E-state index in [1.807, 2.05) is 0 Å². The van der Waals surface area contributed by atoms with Crippen molar-refractivity contribution in [3.8, 4) is 5.75 Å². The molecule has 0 aromatic heterocycles. The Morgan fingerprint density at radius 1 is 1.47 bits per heavy atom. The van der Waals surface area contributed by atoms with Crippen LogP contribution in [0.2, 0.25) is 0 Å². The van der Waals surface area contributed by atoms with E-state index in [0.717, 1.165) is 0 Å². The third-order valence-corrected chi connectivity index (χ3v) is 2.40. The van der Waals surface area contributed by atoms with Gasteiger partial charge in [-0.3, -0.25) is 4.79 Å². The van der Waals surface area contributed by atoms with Crippen molar-refractivity contribution in [3.05, 3.63) is 29.3 Å². The van der Waals surface area contributed by atoms with E-state index in [9.17, 15) is 13.6 Å². The normalized spacial score (nSPS) is 11.3. The van der Waals surface area contributed by atoms with Gasteiger partial charge in [-0.25, -0.2) is 8.78 Å². The molecule has 1 N–H and O–H groups in total. The molecule has 0 bridgehead atoms. The predicted octanol–water partition coefficient (Wildman–Crippen LogP) is 2.96. The maximum absolute atomic E-state index is 13.8. The van der Waals surface area contributed by atoms with Crippen LogP contribution in [-0.4, -0.2) is 18.2 Å². The second-order valence-electron chi connectivity index (χ2n) is 3.80. The molecular weight excluding hydrogens is 230 g/mol. The number of methoxy groups -OCH3 is 1. The van der Waals surface area contributed by atoms with Crippen LogP contribution in [0, 0.1) is 6.92 Å². The summed E-state index contributed by atoms with van der Waals surface area (Å²) in [5, 5.41) is 8.44. The Morgan fingerprint density at radius 3 is 2.65 bits per heavy atom. The van der Waals surface area contributed by atoms with Gasteiger partial charge in [-0.1, -0.05) is 11.6 Å². The minimum Gasteiger partial charge on any atom is -0.496 e. The zero-order chi connectivity index (χ0) is 13.1. The first-order valence-corrected chi connectivity index (χ1v) is 5.11. The molecule has 3 nitrogen and oxygen atoms in total. The summed E-state index contributed by atoms with van der Waals surface area (Å²) in [5.74, 6) is -4.36. The molecule has 94 valence electrons. The van der Waals surface area contributed by atoms with Gasteiger partial charge in [0, 0.05) is 6.42 Å². The number of carboxylic acid groups (broad SMARTS) is 1. The average molecular weight is 244 g/mol. The lowest BCUT2D eigenvalue weighted by Crippen LogP contribution is -2.16. The molecule has 0 atom stereocenters. The number of rotatable bonds is 5. The first kappa shape index (κ1) is 13.4. The Morgan fingerprint density at radius 2 is 2.12 bits per heavy atom. The van der Waals surface area contributed by atoms with E-state index in [4.69, 9.17) is 9.84 Å². The average Bonchev–Trinajstić information content (AvgIpc) is 2.26. The molecule has 0 saturated heterocycles. The SMILES string of the molecule is COc1ccc(C)cc1C(F)(F)CCC(=O)O. The van der Waals surface area contributed by atoms with Gasteiger partial charge in [-0.2, -0.15) is 0 Å². The van der Waals surface area contributed by atoms with Gasteiger partial charge in [-0.15, -0.1) is 0 Å². The summed E-state index contributed by atoms with van der Waals surface area (Å²) in [6.45, 7) is 1.69. The molecular formula is C12H14F2O3. The van der Waals surface area contributed by atoms with Crippen LogP contribution in [0.4, 0.5) is 8.78 Å². The molecule has 0 aliphatic rings. The Labute approximate surface area is 98.0 Å². The first-order chi connectivity index (χ1) is 7.86. The lowest BCUT2D eigenvalue weighted by Gasteiger charge is -2.19. The number of carbonyl (C=O) groups is 1. The summed E-state index contributed by atoms with van der Waals surface area (Å²) in [5.41, 5.74) is 0.414. The molecule has 0 fully saturated rings. The summed E-state index contributed by atoms with van der Waals surface area (Å²) in [6.07, 6.45) is -1.31. The second-order valence-corrected chi connectivity index (χ2v) is 3.80. The first-order valence-electron chi connectivity index (χ1n) is 5.11. The molecule has 0 spiro atoms. The van der Waals surface area contributed by atoms with Gasteiger partial charge in [0.2, 0.25) is 0 Å². The molecule has 17 heavy (non-hydrogen) atoms. The third kappa shape index (κ3) is 3.41. The zero-order valence-electron chi connectivity index (χ0n) is 9.67. The lowest BCUT2D eigenvalue weighted by atomic mass is 10.0. The standard InChI is InChI=1S/C12H14F2O3/c1-8-3-4-10(17-2)9(7-8)12(13,14)6-5-11(15)16/h3-4,7H,5-6H2,1-2H3,(H,15,16). The molecule has 0 saturated carbocycles. The molecule has 0 heterocycles. The number of ether oxygens (including phenoxy) is 1. The smallest absolute Gasteiger partial charge is 0.303 e. The van der Waals surface area contributed by atoms with Crippen LogP contribution < -0.4 is 4.74 Å². The number of alkyl halides is 2. The van der Waals surface area contributed by atoms with Crippen LogP contribution in [0.15, 0.2) is 18.2 Å². The van der Waals surface area contributed by atoms with E-state index < -0.39 is 24.7 Å². The van der Waals surface area contributed by atoms with Crippen molar-refractivity contribution in [2.75, 3.05) is 7.11 Å². The van der Waals surface area contributed by atoms with E-state index >= 15 is 0 Å². The van der Waals surface area contributed by atoms with Crippen molar-refractivity contribution >= 4 is 5.97 Å². The topological polar surface area (TPSA) is 46.5 Å². The van der Waals surface area contributed by atoms with E-state index in [1.54, 1.807) is 13.0 Å². The van der Waals surface area contributed by atoms with Crippen molar-refractivity contribution in [3.63, 3.8) is 0 Å². The molecule has 1 aromatic rings. The minimum atomic E-state index is -3.20. The highest BCUT2D eigenvalue weighted by atomic mass is 19.3. The van der Waals surface area contributed by atoms with Crippen LogP contribution in [0.1, 0.15) is 24.0 Å². The molecule has 1 aromatic carbocycles. The fraction of sp³-hybridized carbons (Fsp3) is 0.417. The molecule has 5 heteroatoms. The van der Waals surface area contributed by atoms with Crippen molar-refractivity contribution < 1.29 is 23.4 Å². The molecule has 0 amide bonds. The van der Waals surface area contributed by atoms with Gasteiger partial charge >= 0.3 is 5.97 Å². The number of halogens is 2. The molecule has 0 radical (unpaired) electrons. The molecule has 1 rings (SSSR count). The maximum Gasteiger partial charge on any atom is 0.303 e. The Balaban J connectivity index is 3.03. The van der Waals surface area contributed by atoms with Gasteiger partial charge in [0.25, 0.3) is 5.92 Å². The summed E-state index contributed by atoms with van der Waals surface area (Å²) in [7, 11) is 1.31. The van der Waals surface area contributed by atoms with Crippen LogP contribution in [0.5, 0.6) is 5.75 Å². The molecule has 0 aliphatic heterocycles. The number of benzene rings is 1. The van der Waals surface area contributed by atoms with Gasteiger partial charge in [0.05, 0.1) is 19.1 Å². The van der Waals surface area contributed by atoms with Gasteiger partial charge in [0.1, 0.15) is 5.75 Å². The van der Waals surface area contributed by atoms with Crippen molar-refractivity contribution in [2.24, 2.45) is 0 Å². The number of aryl methyl sites for hydroxylation is 1. The van der Waals surface area contributed by atoms with E-state index in [2.05, 4.69) is 0 Å². The highest BCUT2D eigenvalue weighted by Crippen LogP contribution is 2.38. The van der Waals surface area contributed by atoms with Crippen LogP contribution in [-0.2, 0) is 10.7 Å². The summed E-state index contributed by atoms with van der Waals surface area (Å²) in [4.78, 5) is 10.3. The highest BCUT2D eigenvalue weighted by Gasteiger charge is 2.35. The summed E-state index contributed by atoms with van der Waals surface area (Å²) >= 11 is 0. The van der Waals surface area contributed by atoms with E-state index in [1.165, 1.54) is 19.2 Å². The van der Waals surface area contributed by atoms with Gasteiger partial charge in [-0.05, 0) is 19.1 Å². The summed E-state index contributed by atoms with van der Waals surface area (Å²) < 4.78 is 32.5. The monoisotopic (exact) mass is 244 g/mol. The summed E-state index contributed by atoms with van der Waals surface area (Å²) in [6, 6.07) is 4.44. The Hall–Kier alpha value is -1.65. The lowest BCUT2D eigenvalue weighted by molar-refractivity contribution is -0.139. The third-order valence-electron chi connectivity index (χ3n) is 2.40. The van der Waals surface area contributed by atoms with E-state index in [-0.39, 0.29) is 11.3 Å². The minimum absolute atomic E-state index is 0.0750. The molecule has 0 aliphatic carbocycles. The number of aliphatic carboxylic acids is 1. The zero-order valence-corrected chi connectivity index (χ0v) is 9.67. The van der Waals surface area contributed by atoms with Crippen molar-refractivity contribution in [1.29, 1.82) is 0 Å². The highest BCUT2D eigenvalue weighted by molar-refractivity contribution is 5.66. The van der Waals surface area contributed by atoms with E-state index in [0.29, 0.717) is 5.56 Å². The van der Waals surface area contributed by atoms with Gasteiger partial charge in [0.15, 0.2) is 0 Å². The second kappa shape index (κ2) is 5.12. The Bertz CT molecular complexity index is 416. The maximum atomic E-state index is 13.8. The van der Waals surface area contributed by atoms with Crippen molar-refractivity contribution in [2.45, 2.75) is 25.7 Å². The number of carboxylic acids is 1.